The first-order valence-corrected chi connectivity index (χ1v) is 26.6. The quantitative estimate of drug-likeness (QED) is 0.0262. The number of hydrogen-bond donors (Lipinski definition) is 0. The number of unbranched alkanes of at least 4 members (excludes halogenated alkanes) is 29. The highest BCUT2D eigenvalue weighted by Crippen LogP contribution is 2.15. The molecule has 0 aromatic heterocycles. The summed E-state index contributed by atoms with van der Waals surface area (Å²) >= 11 is 0. The van der Waals surface area contributed by atoms with E-state index in [-0.39, 0.29) is 31.1 Å². The average molecular weight is 869 g/mol. The molecule has 1 unspecified atom stereocenters. The lowest BCUT2D eigenvalue weighted by Crippen LogP contribution is -2.30. The van der Waals surface area contributed by atoms with Gasteiger partial charge in [-0.1, -0.05) is 223 Å². The van der Waals surface area contributed by atoms with Gasteiger partial charge >= 0.3 is 17.9 Å². The summed E-state index contributed by atoms with van der Waals surface area (Å²) in [6.07, 6.45) is 60.9. The van der Waals surface area contributed by atoms with Crippen LogP contribution in [0.1, 0.15) is 271 Å². The highest BCUT2D eigenvalue weighted by Gasteiger charge is 2.19. The number of ether oxygens (including phenoxy) is 3. The summed E-state index contributed by atoms with van der Waals surface area (Å²) in [5.74, 6) is -0.891. The van der Waals surface area contributed by atoms with Crippen LogP contribution in [0, 0.1) is 0 Å². The van der Waals surface area contributed by atoms with Crippen molar-refractivity contribution in [3.63, 3.8) is 0 Å². The third-order valence-corrected chi connectivity index (χ3v) is 11.6. The molecule has 0 aliphatic carbocycles. The van der Waals surface area contributed by atoms with E-state index in [1.54, 1.807) is 0 Å². The number of allylic oxidation sites excluding steroid dienone is 8. The van der Waals surface area contributed by atoms with Gasteiger partial charge in [-0.3, -0.25) is 14.4 Å². The van der Waals surface area contributed by atoms with Gasteiger partial charge < -0.3 is 14.2 Å². The minimum atomic E-state index is -0.779. The van der Waals surface area contributed by atoms with Gasteiger partial charge in [-0.15, -0.1) is 0 Å². The molecule has 0 aliphatic rings. The largest absolute Gasteiger partial charge is 0.462 e. The van der Waals surface area contributed by atoms with E-state index >= 15 is 0 Å². The van der Waals surface area contributed by atoms with Crippen molar-refractivity contribution < 1.29 is 28.6 Å². The van der Waals surface area contributed by atoms with Crippen LogP contribution in [0.3, 0.4) is 0 Å². The predicted octanol–water partition coefficient (Wildman–Crippen LogP) is 17.5. The zero-order valence-corrected chi connectivity index (χ0v) is 41.1. The standard InChI is InChI=1S/C56H100O6/c1-4-7-10-13-16-19-22-25-26-27-28-29-30-32-34-37-40-43-46-49-55(58)61-52-53(51-60-54(57)48-45-42-39-36-33-24-21-18-15-12-9-6-3)62-56(59)50-47-44-41-38-35-31-23-20-17-14-11-8-5-2/h7,10,16,19,25-26,31,35,53H,4-6,8-9,11-15,17-18,20-24,27-30,32-34,36-52H2,1-3H3/b10-7-,19-16-,26-25-,35-31-. The molecule has 0 N–H and O–H groups in total. The van der Waals surface area contributed by atoms with Gasteiger partial charge in [0.25, 0.3) is 0 Å². The van der Waals surface area contributed by atoms with Gasteiger partial charge in [-0.25, -0.2) is 0 Å². The molecule has 1 atom stereocenters. The lowest BCUT2D eigenvalue weighted by atomic mass is 10.0. The molecule has 0 rings (SSSR count). The Morgan fingerprint density at radius 1 is 0.339 bits per heavy atom. The van der Waals surface area contributed by atoms with E-state index in [4.69, 9.17) is 14.2 Å². The van der Waals surface area contributed by atoms with Crippen LogP contribution in [0.4, 0.5) is 0 Å². The molecule has 62 heavy (non-hydrogen) atoms. The summed E-state index contributed by atoms with van der Waals surface area (Å²) in [5.41, 5.74) is 0. The average Bonchev–Trinajstić information content (AvgIpc) is 3.27. The second kappa shape index (κ2) is 51.0. The molecule has 0 radical (unpaired) electrons. The van der Waals surface area contributed by atoms with Crippen LogP contribution in [-0.4, -0.2) is 37.2 Å². The zero-order valence-electron chi connectivity index (χ0n) is 41.1. The van der Waals surface area contributed by atoms with Crippen LogP contribution in [0.15, 0.2) is 48.6 Å². The molecule has 0 heterocycles. The zero-order chi connectivity index (χ0) is 45.1. The van der Waals surface area contributed by atoms with E-state index in [0.29, 0.717) is 19.3 Å². The SMILES string of the molecule is CC/C=C\C/C=C\C/C=C\CCCCCCCCCCCC(=O)OCC(COC(=O)CCCCCCCCCCCCCC)OC(=O)CCCCC/C=C\CCCCCCCC. The van der Waals surface area contributed by atoms with Crippen molar-refractivity contribution in [1.29, 1.82) is 0 Å². The van der Waals surface area contributed by atoms with Crippen molar-refractivity contribution >= 4 is 17.9 Å². The number of rotatable bonds is 48. The first kappa shape index (κ1) is 59.4. The fraction of sp³-hybridized carbons (Fsp3) is 0.804. The van der Waals surface area contributed by atoms with Gasteiger partial charge in [-0.05, 0) is 77.0 Å². The summed E-state index contributed by atoms with van der Waals surface area (Å²) in [5, 5.41) is 0. The Hall–Kier alpha value is -2.63. The van der Waals surface area contributed by atoms with Crippen molar-refractivity contribution in [1.82, 2.24) is 0 Å². The molecule has 0 amide bonds. The minimum Gasteiger partial charge on any atom is -0.462 e. The van der Waals surface area contributed by atoms with Gasteiger partial charge in [0.05, 0.1) is 0 Å². The van der Waals surface area contributed by atoms with E-state index in [9.17, 15) is 14.4 Å². The highest BCUT2D eigenvalue weighted by atomic mass is 16.6. The van der Waals surface area contributed by atoms with Crippen LogP contribution in [-0.2, 0) is 28.6 Å². The van der Waals surface area contributed by atoms with E-state index in [1.807, 2.05) is 0 Å². The Labute approximate surface area is 384 Å². The number of carbonyl (C=O) groups is 3. The molecular formula is C56H100O6. The van der Waals surface area contributed by atoms with Gasteiger partial charge in [-0.2, -0.15) is 0 Å². The van der Waals surface area contributed by atoms with Crippen LogP contribution >= 0.6 is 0 Å². The first-order valence-electron chi connectivity index (χ1n) is 26.6. The Morgan fingerprint density at radius 2 is 0.629 bits per heavy atom. The number of carbonyl (C=O) groups excluding carboxylic acids is 3. The Morgan fingerprint density at radius 3 is 1.02 bits per heavy atom. The summed E-state index contributed by atoms with van der Waals surface area (Å²) in [4.78, 5) is 38.0. The molecule has 0 bridgehead atoms. The molecule has 360 valence electrons. The molecule has 0 spiro atoms. The van der Waals surface area contributed by atoms with Gasteiger partial charge in [0.15, 0.2) is 6.10 Å². The molecule has 0 saturated heterocycles. The van der Waals surface area contributed by atoms with Crippen molar-refractivity contribution in [2.45, 2.75) is 277 Å². The lowest BCUT2D eigenvalue weighted by molar-refractivity contribution is -0.167. The van der Waals surface area contributed by atoms with E-state index < -0.39 is 6.10 Å². The molecule has 6 heteroatoms. The fourth-order valence-corrected chi connectivity index (χ4v) is 7.57. The molecule has 0 aliphatic heterocycles. The van der Waals surface area contributed by atoms with Crippen LogP contribution in [0.2, 0.25) is 0 Å². The molecule has 0 fully saturated rings. The summed E-state index contributed by atoms with van der Waals surface area (Å²) in [7, 11) is 0. The van der Waals surface area contributed by atoms with Crippen molar-refractivity contribution in [2.24, 2.45) is 0 Å². The summed E-state index contributed by atoms with van der Waals surface area (Å²) in [6, 6.07) is 0. The maximum atomic E-state index is 12.8. The predicted molar refractivity (Wildman–Crippen MR) is 265 cm³/mol. The molecule has 6 nitrogen and oxygen atoms in total. The summed E-state index contributed by atoms with van der Waals surface area (Å²) < 4.78 is 16.8. The van der Waals surface area contributed by atoms with Crippen molar-refractivity contribution in [3.8, 4) is 0 Å². The van der Waals surface area contributed by atoms with Gasteiger partial charge in [0.1, 0.15) is 13.2 Å². The number of esters is 3. The maximum absolute atomic E-state index is 12.8. The van der Waals surface area contributed by atoms with E-state index in [1.165, 1.54) is 141 Å². The van der Waals surface area contributed by atoms with Gasteiger partial charge in [0.2, 0.25) is 0 Å². The first-order chi connectivity index (χ1) is 30.5. The molecular weight excluding hydrogens is 769 g/mol. The van der Waals surface area contributed by atoms with Crippen molar-refractivity contribution in [3.05, 3.63) is 48.6 Å². The van der Waals surface area contributed by atoms with Crippen LogP contribution in [0.25, 0.3) is 0 Å². The minimum absolute atomic E-state index is 0.0781. The number of hydrogen-bond acceptors (Lipinski definition) is 6. The summed E-state index contributed by atoms with van der Waals surface area (Å²) in [6.45, 7) is 6.52. The van der Waals surface area contributed by atoms with Crippen LogP contribution in [0.5, 0.6) is 0 Å². The van der Waals surface area contributed by atoms with Crippen LogP contribution < -0.4 is 0 Å². The Kier molecular flexibility index (Phi) is 48.8. The van der Waals surface area contributed by atoms with E-state index in [2.05, 4.69) is 69.4 Å². The second-order valence-corrected chi connectivity index (χ2v) is 17.8. The smallest absolute Gasteiger partial charge is 0.306 e. The van der Waals surface area contributed by atoms with Crippen molar-refractivity contribution in [2.75, 3.05) is 13.2 Å². The second-order valence-electron chi connectivity index (χ2n) is 17.8. The lowest BCUT2D eigenvalue weighted by Gasteiger charge is -2.18. The molecule has 0 aromatic carbocycles. The molecule has 0 aromatic rings. The fourth-order valence-electron chi connectivity index (χ4n) is 7.57. The maximum Gasteiger partial charge on any atom is 0.306 e. The highest BCUT2D eigenvalue weighted by molar-refractivity contribution is 5.71. The topological polar surface area (TPSA) is 78.9 Å². The van der Waals surface area contributed by atoms with Gasteiger partial charge in [0, 0.05) is 19.3 Å². The molecule has 0 saturated carbocycles. The third-order valence-electron chi connectivity index (χ3n) is 11.6. The normalized spacial score (nSPS) is 12.4. The Balaban J connectivity index is 4.34. The monoisotopic (exact) mass is 869 g/mol. The Bertz CT molecular complexity index is 1090. The third kappa shape index (κ3) is 48.4. The van der Waals surface area contributed by atoms with E-state index in [0.717, 1.165) is 89.9 Å².